The first kappa shape index (κ1) is 21.0. The molecule has 0 saturated carbocycles. The van der Waals surface area contributed by atoms with Gasteiger partial charge in [-0.3, -0.25) is 9.59 Å². The van der Waals surface area contributed by atoms with E-state index in [1.165, 1.54) is 10.9 Å². The van der Waals surface area contributed by atoms with Crippen molar-refractivity contribution < 1.29 is 14.3 Å². The summed E-state index contributed by atoms with van der Waals surface area (Å²) in [6.45, 7) is 0.835. The van der Waals surface area contributed by atoms with Crippen LogP contribution in [0.25, 0.3) is 5.69 Å². The first-order valence-corrected chi connectivity index (χ1v) is 10.2. The lowest BCUT2D eigenvalue weighted by molar-refractivity contribution is -0.152. The van der Waals surface area contributed by atoms with Crippen molar-refractivity contribution in [2.45, 2.75) is 12.8 Å². The summed E-state index contributed by atoms with van der Waals surface area (Å²) in [7, 11) is 0. The Hall–Kier alpha value is -4.26. The lowest BCUT2D eigenvalue weighted by Gasteiger charge is -2.30. The molecule has 0 atom stereocenters. The van der Waals surface area contributed by atoms with Gasteiger partial charge in [0.25, 0.3) is 5.91 Å². The molecule has 32 heavy (non-hydrogen) atoms. The van der Waals surface area contributed by atoms with Gasteiger partial charge in [-0.05, 0) is 31.0 Å². The number of carbonyl (C=O) groups excluding carboxylic acids is 2. The zero-order chi connectivity index (χ0) is 22.3. The van der Waals surface area contributed by atoms with Crippen molar-refractivity contribution in [3.05, 3.63) is 60.6 Å². The van der Waals surface area contributed by atoms with Crippen molar-refractivity contribution in [3.8, 4) is 11.8 Å². The molecule has 162 valence electrons. The van der Waals surface area contributed by atoms with Crippen LogP contribution in [0, 0.1) is 17.2 Å². The van der Waals surface area contributed by atoms with Crippen LogP contribution in [-0.2, 0) is 14.3 Å². The molecule has 0 aliphatic carbocycles. The predicted octanol–water partition coefficient (Wildman–Crippen LogP) is 1.93. The van der Waals surface area contributed by atoms with E-state index in [-0.39, 0.29) is 17.3 Å². The number of nitrogens with one attached hydrogen (secondary N) is 1. The molecule has 3 heterocycles. The highest BCUT2D eigenvalue weighted by Gasteiger charge is 2.28. The lowest BCUT2D eigenvalue weighted by atomic mass is 9.97. The Morgan fingerprint density at radius 3 is 2.53 bits per heavy atom. The summed E-state index contributed by atoms with van der Waals surface area (Å²) in [5.74, 6) is -0.362. The highest BCUT2D eigenvalue weighted by molar-refractivity contribution is 5.93. The standard InChI is InChI=1S/C22H21N7O3/c23-13-17-14-26-29(18-5-2-1-3-6-18)20(17)27-19(30)15-32-21(31)16-7-11-28(12-8-16)22-24-9-4-10-25-22/h1-6,9-10,14,16H,7-8,11-12,15H2,(H,27,30). The van der Waals surface area contributed by atoms with E-state index in [4.69, 9.17) is 4.74 Å². The maximum absolute atomic E-state index is 12.4. The third-order valence-corrected chi connectivity index (χ3v) is 5.16. The van der Waals surface area contributed by atoms with Gasteiger partial charge in [0.05, 0.1) is 17.8 Å². The average molecular weight is 431 g/mol. The van der Waals surface area contributed by atoms with E-state index < -0.39 is 18.5 Å². The van der Waals surface area contributed by atoms with Crippen molar-refractivity contribution >= 4 is 23.6 Å². The van der Waals surface area contributed by atoms with E-state index in [9.17, 15) is 14.9 Å². The van der Waals surface area contributed by atoms with Crippen molar-refractivity contribution in [2.24, 2.45) is 5.92 Å². The van der Waals surface area contributed by atoms with Crippen LogP contribution in [0.1, 0.15) is 18.4 Å². The number of piperidine rings is 1. The molecule has 10 nitrogen and oxygen atoms in total. The molecule has 0 radical (unpaired) electrons. The quantitative estimate of drug-likeness (QED) is 0.587. The van der Waals surface area contributed by atoms with Gasteiger partial charge in [0.15, 0.2) is 12.4 Å². The minimum absolute atomic E-state index is 0.212. The number of nitriles is 1. The normalized spacial score (nSPS) is 13.9. The van der Waals surface area contributed by atoms with Crippen LogP contribution >= 0.6 is 0 Å². The van der Waals surface area contributed by atoms with E-state index in [2.05, 4.69) is 20.4 Å². The Morgan fingerprint density at radius 1 is 1.12 bits per heavy atom. The molecule has 1 aromatic carbocycles. The Bertz CT molecular complexity index is 1120. The van der Waals surface area contributed by atoms with E-state index in [0.717, 1.165) is 0 Å². The molecule has 0 unspecified atom stereocenters. The molecule has 2 aromatic heterocycles. The number of carbonyl (C=O) groups is 2. The zero-order valence-corrected chi connectivity index (χ0v) is 17.2. The van der Waals surface area contributed by atoms with Crippen molar-refractivity contribution in [1.82, 2.24) is 19.7 Å². The number of anilines is 2. The fraction of sp³-hybridized carbons (Fsp3) is 0.273. The van der Waals surface area contributed by atoms with Gasteiger partial charge in [-0.25, -0.2) is 14.6 Å². The SMILES string of the molecule is N#Cc1cnn(-c2ccccc2)c1NC(=O)COC(=O)C1CCN(c2ncccn2)CC1. The molecule has 1 fully saturated rings. The van der Waals surface area contributed by atoms with Crippen LogP contribution in [0.5, 0.6) is 0 Å². The van der Waals surface area contributed by atoms with Crippen molar-refractivity contribution in [3.63, 3.8) is 0 Å². The highest BCUT2D eigenvalue weighted by Crippen LogP contribution is 2.22. The molecular weight excluding hydrogens is 410 g/mol. The first-order valence-electron chi connectivity index (χ1n) is 10.2. The van der Waals surface area contributed by atoms with Crippen molar-refractivity contribution in [2.75, 3.05) is 29.9 Å². The zero-order valence-electron chi connectivity index (χ0n) is 17.2. The van der Waals surface area contributed by atoms with Gasteiger partial charge in [0.1, 0.15) is 11.6 Å². The predicted molar refractivity (Wildman–Crippen MR) is 115 cm³/mol. The smallest absolute Gasteiger partial charge is 0.309 e. The van der Waals surface area contributed by atoms with Gasteiger partial charge in [-0.15, -0.1) is 0 Å². The van der Waals surface area contributed by atoms with Crippen LogP contribution in [0.15, 0.2) is 55.0 Å². The summed E-state index contributed by atoms with van der Waals surface area (Å²) >= 11 is 0. The van der Waals surface area contributed by atoms with E-state index >= 15 is 0 Å². The second-order valence-corrected chi connectivity index (χ2v) is 7.23. The summed E-state index contributed by atoms with van der Waals surface area (Å²) in [5.41, 5.74) is 0.902. The topological polar surface area (TPSA) is 126 Å². The van der Waals surface area contributed by atoms with Gasteiger partial charge in [-0.2, -0.15) is 10.4 Å². The number of rotatable bonds is 6. The molecule has 1 amide bonds. The van der Waals surface area contributed by atoms with E-state index in [0.29, 0.717) is 37.6 Å². The molecule has 1 saturated heterocycles. The first-order chi connectivity index (χ1) is 15.7. The second kappa shape index (κ2) is 9.70. The van der Waals surface area contributed by atoms with E-state index in [1.807, 2.05) is 29.2 Å². The largest absolute Gasteiger partial charge is 0.455 e. The Labute approximate surface area is 184 Å². The van der Waals surface area contributed by atoms with Crippen LogP contribution in [-0.4, -0.2) is 51.3 Å². The Morgan fingerprint density at radius 2 is 1.84 bits per heavy atom. The number of nitrogens with zero attached hydrogens (tertiary/aromatic N) is 6. The molecule has 0 spiro atoms. The molecule has 1 aliphatic rings. The van der Waals surface area contributed by atoms with Gasteiger partial charge in [-0.1, -0.05) is 18.2 Å². The fourth-order valence-electron chi connectivity index (χ4n) is 3.51. The number of esters is 1. The monoisotopic (exact) mass is 431 g/mol. The summed E-state index contributed by atoms with van der Waals surface area (Å²) in [6, 6.07) is 12.9. The summed E-state index contributed by atoms with van der Waals surface area (Å²) in [5, 5.41) is 16.1. The Balaban J connectivity index is 1.31. The molecule has 1 aliphatic heterocycles. The fourth-order valence-corrected chi connectivity index (χ4v) is 3.51. The number of para-hydroxylation sites is 1. The van der Waals surface area contributed by atoms with Gasteiger partial charge in [0.2, 0.25) is 5.95 Å². The average Bonchev–Trinajstić information content (AvgIpc) is 3.26. The van der Waals surface area contributed by atoms with Gasteiger partial charge in [0, 0.05) is 25.5 Å². The number of benzene rings is 1. The molecule has 3 aromatic rings. The number of ether oxygens (including phenoxy) is 1. The molecule has 4 rings (SSSR count). The highest BCUT2D eigenvalue weighted by atomic mass is 16.5. The van der Waals surface area contributed by atoms with Crippen LogP contribution in [0.4, 0.5) is 11.8 Å². The number of hydrogen-bond acceptors (Lipinski definition) is 8. The third kappa shape index (κ3) is 4.73. The Kier molecular flexibility index (Phi) is 6.36. The molecular formula is C22H21N7O3. The molecule has 0 bridgehead atoms. The molecule has 1 N–H and O–H groups in total. The van der Waals surface area contributed by atoms with Crippen molar-refractivity contribution in [1.29, 1.82) is 5.26 Å². The maximum atomic E-state index is 12.4. The van der Waals surface area contributed by atoms with Crippen LogP contribution in [0.2, 0.25) is 0 Å². The van der Waals surface area contributed by atoms with E-state index in [1.54, 1.807) is 30.6 Å². The van der Waals surface area contributed by atoms with Gasteiger partial charge < -0.3 is 15.0 Å². The van der Waals surface area contributed by atoms with Crippen LogP contribution < -0.4 is 10.2 Å². The summed E-state index contributed by atoms with van der Waals surface area (Å²) in [4.78, 5) is 35.3. The number of amides is 1. The summed E-state index contributed by atoms with van der Waals surface area (Å²) < 4.78 is 6.70. The lowest BCUT2D eigenvalue weighted by Crippen LogP contribution is -2.38. The number of hydrogen-bond donors (Lipinski definition) is 1. The van der Waals surface area contributed by atoms with Crippen LogP contribution in [0.3, 0.4) is 0 Å². The number of aromatic nitrogens is 4. The third-order valence-electron chi connectivity index (χ3n) is 5.16. The minimum Gasteiger partial charge on any atom is -0.455 e. The van der Waals surface area contributed by atoms with Gasteiger partial charge >= 0.3 is 5.97 Å². The summed E-state index contributed by atoms with van der Waals surface area (Å²) in [6.07, 6.45) is 5.93. The maximum Gasteiger partial charge on any atom is 0.309 e. The second-order valence-electron chi connectivity index (χ2n) is 7.23. The molecule has 10 heteroatoms. The minimum atomic E-state index is -0.539.